The van der Waals surface area contributed by atoms with E-state index in [0.29, 0.717) is 11.5 Å². The minimum atomic E-state index is -0.917. The van der Waals surface area contributed by atoms with Gasteiger partial charge in [0, 0.05) is 49.4 Å². The molecular weight excluding hydrogens is 613 g/mol. The van der Waals surface area contributed by atoms with E-state index in [9.17, 15) is 23.6 Å². The molecule has 2 saturated heterocycles. The van der Waals surface area contributed by atoms with Crippen LogP contribution in [0.25, 0.3) is 0 Å². The van der Waals surface area contributed by atoms with Gasteiger partial charge >= 0.3 is 0 Å². The largest absolute Gasteiger partial charge is 0.489 e. The van der Waals surface area contributed by atoms with E-state index in [1.807, 2.05) is 12.1 Å². The number of nitrogens with one attached hydrogen (secondary N) is 3. The average molecular weight is 662 g/mol. The third-order valence-electron chi connectivity index (χ3n) is 10.3. The number of anilines is 1. The highest BCUT2D eigenvalue weighted by atomic mass is 19.1. The first-order valence-electron chi connectivity index (χ1n) is 17.8. The molecule has 0 bridgehead atoms. The minimum Gasteiger partial charge on any atom is -0.489 e. The number of carbonyl (C=O) groups excluding carboxylic acids is 4. The van der Waals surface area contributed by atoms with E-state index in [0.717, 1.165) is 101 Å². The van der Waals surface area contributed by atoms with E-state index in [4.69, 9.17) is 4.74 Å². The number of rotatable bonds is 8. The van der Waals surface area contributed by atoms with Gasteiger partial charge in [-0.1, -0.05) is 38.5 Å². The van der Waals surface area contributed by atoms with Gasteiger partial charge in [-0.25, -0.2) is 4.39 Å². The Balaban J connectivity index is 1.26. The lowest BCUT2D eigenvalue weighted by Gasteiger charge is -2.41. The summed E-state index contributed by atoms with van der Waals surface area (Å²) in [5.74, 6) is -0.899. The lowest BCUT2D eigenvalue weighted by Crippen LogP contribution is -2.62. The van der Waals surface area contributed by atoms with Gasteiger partial charge in [0.2, 0.25) is 11.8 Å². The van der Waals surface area contributed by atoms with E-state index in [1.165, 1.54) is 24.3 Å². The van der Waals surface area contributed by atoms with Crippen LogP contribution in [0.5, 0.6) is 5.75 Å². The molecule has 0 spiro atoms. The standard InChI is InChI=1S/C37H48FN5O5/c1-24(44)40-30-19-27(18-28(38)21-30)36(46)42-16-17-43(33(23-42)35(45)41-29-10-6-3-7-11-29)37(47)26-12-13-34(48-31-14-15-39-22-31)32(20-26)25-8-4-2-5-9-25/h12-13,18-21,25,29,31,33,39H,2-11,14-17,22-23H2,1H3,(H,40,44)(H,41,45)/t31-,33?/m0/s1. The lowest BCUT2D eigenvalue weighted by molar-refractivity contribution is -0.128. The van der Waals surface area contributed by atoms with Gasteiger partial charge in [0.05, 0.1) is 6.54 Å². The molecule has 258 valence electrons. The van der Waals surface area contributed by atoms with Crippen LogP contribution in [0.15, 0.2) is 36.4 Å². The molecule has 2 heterocycles. The van der Waals surface area contributed by atoms with E-state index in [2.05, 4.69) is 16.0 Å². The first kappa shape index (κ1) is 33.9. The summed E-state index contributed by atoms with van der Waals surface area (Å²) in [5, 5.41) is 9.06. The van der Waals surface area contributed by atoms with Gasteiger partial charge in [0.1, 0.15) is 23.7 Å². The highest BCUT2D eigenvalue weighted by Gasteiger charge is 2.39. The number of carbonyl (C=O) groups is 4. The zero-order chi connectivity index (χ0) is 33.6. The first-order valence-corrected chi connectivity index (χ1v) is 17.8. The SMILES string of the molecule is CC(=O)Nc1cc(F)cc(C(=O)N2CCN(C(=O)c3ccc(O[C@H]4CCNC4)c(C4CCCCC4)c3)C(C(=O)NC3CCCCC3)C2)c1. The second-order valence-corrected chi connectivity index (χ2v) is 13.8. The Bertz CT molecular complexity index is 1500. The van der Waals surface area contributed by atoms with Crippen LogP contribution in [0.1, 0.15) is 110 Å². The van der Waals surface area contributed by atoms with Crippen molar-refractivity contribution in [3.8, 4) is 5.75 Å². The van der Waals surface area contributed by atoms with Crippen LogP contribution < -0.4 is 20.7 Å². The monoisotopic (exact) mass is 661 g/mol. The normalized spacial score (nSPS) is 22.3. The van der Waals surface area contributed by atoms with Crippen LogP contribution >= 0.6 is 0 Å². The third-order valence-corrected chi connectivity index (χ3v) is 10.3. The third kappa shape index (κ3) is 8.17. The van der Waals surface area contributed by atoms with E-state index in [1.54, 1.807) is 11.0 Å². The van der Waals surface area contributed by atoms with Gasteiger partial charge in [-0.15, -0.1) is 0 Å². The molecule has 2 aliphatic heterocycles. The zero-order valence-corrected chi connectivity index (χ0v) is 27.9. The highest BCUT2D eigenvalue weighted by Crippen LogP contribution is 2.39. The molecule has 3 N–H and O–H groups in total. The molecule has 2 aliphatic carbocycles. The molecule has 4 fully saturated rings. The molecule has 1 unspecified atom stereocenters. The first-order chi connectivity index (χ1) is 23.2. The Morgan fingerprint density at radius 3 is 2.31 bits per heavy atom. The molecule has 0 radical (unpaired) electrons. The Kier molecular flexibility index (Phi) is 10.9. The number of piperazine rings is 1. The molecular formula is C37H48FN5O5. The Labute approximate surface area is 282 Å². The quantitative estimate of drug-likeness (QED) is 0.367. The maximum atomic E-state index is 14.5. The predicted molar refractivity (Wildman–Crippen MR) is 181 cm³/mol. The number of amides is 4. The average Bonchev–Trinajstić information content (AvgIpc) is 3.61. The summed E-state index contributed by atoms with van der Waals surface area (Å²) in [6.07, 6.45) is 11.6. The van der Waals surface area contributed by atoms with Crippen molar-refractivity contribution in [3.05, 3.63) is 58.9 Å². The van der Waals surface area contributed by atoms with Crippen LogP contribution in [-0.4, -0.2) is 84.3 Å². The molecule has 11 heteroatoms. The Morgan fingerprint density at radius 2 is 1.60 bits per heavy atom. The van der Waals surface area contributed by atoms with E-state index >= 15 is 0 Å². The zero-order valence-electron chi connectivity index (χ0n) is 27.9. The van der Waals surface area contributed by atoms with Crippen LogP contribution in [-0.2, 0) is 9.59 Å². The number of hydrogen-bond acceptors (Lipinski definition) is 6. The lowest BCUT2D eigenvalue weighted by atomic mass is 9.83. The van der Waals surface area contributed by atoms with Crippen molar-refractivity contribution in [2.75, 3.05) is 38.0 Å². The number of ether oxygens (including phenoxy) is 1. The summed E-state index contributed by atoms with van der Waals surface area (Å²) in [6, 6.07) is 8.51. The summed E-state index contributed by atoms with van der Waals surface area (Å²) < 4.78 is 20.9. The molecule has 4 amide bonds. The van der Waals surface area contributed by atoms with Gasteiger partial charge in [-0.05, 0) is 86.5 Å². The number of halogens is 1. The van der Waals surface area contributed by atoms with E-state index < -0.39 is 17.8 Å². The second kappa shape index (κ2) is 15.5. The molecule has 6 rings (SSSR count). The Morgan fingerprint density at radius 1 is 0.854 bits per heavy atom. The molecule has 2 aromatic rings. The summed E-state index contributed by atoms with van der Waals surface area (Å²) in [5.41, 5.74) is 1.81. The maximum Gasteiger partial charge on any atom is 0.254 e. The topological polar surface area (TPSA) is 120 Å². The molecule has 4 aliphatic rings. The minimum absolute atomic E-state index is 0.0251. The van der Waals surface area contributed by atoms with Gasteiger partial charge in [0.15, 0.2) is 0 Å². The number of hydrogen-bond donors (Lipinski definition) is 3. The van der Waals surface area contributed by atoms with Crippen LogP contribution in [0.4, 0.5) is 10.1 Å². The summed E-state index contributed by atoms with van der Waals surface area (Å²) in [6.45, 7) is 3.33. The van der Waals surface area contributed by atoms with Crippen molar-refractivity contribution >= 4 is 29.3 Å². The summed E-state index contributed by atoms with van der Waals surface area (Å²) in [4.78, 5) is 56.6. The van der Waals surface area contributed by atoms with Crippen molar-refractivity contribution in [2.45, 2.75) is 102 Å². The fraction of sp³-hybridized carbons (Fsp3) is 0.568. The van der Waals surface area contributed by atoms with Gasteiger partial charge in [0.25, 0.3) is 11.8 Å². The highest BCUT2D eigenvalue weighted by molar-refractivity contribution is 6.00. The van der Waals surface area contributed by atoms with Crippen molar-refractivity contribution < 1.29 is 28.3 Å². The second-order valence-electron chi connectivity index (χ2n) is 13.8. The van der Waals surface area contributed by atoms with Crippen molar-refractivity contribution in [2.24, 2.45) is 0 Å². The van der Waals surface area contributed by atoms with Crippen molar-refractivity contribution in [3.63, 3.8) is 0 Å². The predicted octanol–water partition coefficient (Wildman–Crippen LogP) is 4.99. The maximum absolute atomic E-state index is 14.5. The molecule has 48 heavy (non-hydrogen) atoms. The van der Waals surface area contributed by atoms with Crippen LogP contribution in [0.2, 0.25) is 0 Å². The fourth-order valence-corrected chi connectivity index (χ4v) is 7.75. The molecule has 2 saturated carbocycles. The van der Waals surface area contributed by atoms with Gasteiger partial charge < -0.3 is 30.5 Å². The smallest absolute Gasteiger partial charge is 0.254 e. The number of nitrogens with zero attached hydrogens (tertiary/aromatic N) is 2. The molecule has 10 nitrogen and oxygen atoms in total. The molecule has 2 atom stereocenters. The summed E-state index contributed by atoms with van der Waals surface area (Å²) >= 11 is 0. The van der Waals surface area contributed by atoms with Crippen molar-refractivity contribution in [1.29, 1.82) is 0 Å². The van der Waals surface area contributed by atoms with Crippen LogP contribution in [0.3, 0.4) is 0 Å². The van der Waals surface area contributed by atoms with Crippen molar-refractivity contribution in [1.82, 2.24) is 20.4 Å². The van der Waals surface area contributed by atoms with Crippen LogP contribution in [0, 0.1) is 5.82 Å². The Hall–Kier alpha value is -3.99. The summed E-state index contributed by atoms with van der Waals surface area (Å²) in [7, 11) is 0. The fourth-order valence-electron chi connectivity index (χ4n) is 7.75. The van der Waals surface area contributed by atoms with E-state index in [-0.39, 0.29) is 60.8 Å². The van der Waals surface area contributed by atoms with Gasteiger partial charge in [-0.2, -0.15) is 0 Å². The molecule has 0 aromatic heterocycles. The molecule has 2 aromatic carbocycles. The van der Waals surface area contributed by atoms with Gasteiger partial charge in [-0.3, -0.25) is 19.2 Å². The number of benzene rings is 2.